The molecular weight excluding hydrogens is 430 g/mol. The molecule has 0 fully saturated rings. The SMILES string of the molecule is CCC[C@H](C)NC(=O)CSc1nc2scc(-c3ccco3)c2c(=O)n1-c1ccccc1. The van der Waals surface area contributed by atoms with E-state index in [9.17, 15) is 9.59 Å². The Morgan fingerprint density at radius 2 is 2.06 bits per heavy atom. The van der Waals surface area contributed by atoms with Crippen LogP contribution in [0.4, 0.5) is 0 Å². The van der Waals surface area contributed by atoms with Gasteiger partial charge in [-0.25, -0.2) is 4.98 Å². The van der Waals surface area contributed by atoms with Gasteiger partial charge in [-0.05, 0) is 37.6 Å². The van der Waals surface area contributed by atoms with Crippen LogP contribution < -0.4 is 10.9 Å². The Morgan fingerprint density at radius 3 is 2.77 bits per heavy atom. The number of thioether (sulfide) groups is 1. The zero-order valence-electron chi connectivity index (χ0n) is 17.3. The van der Waals surface area contributed by atoms with Crippen LogP contribution in [-0.4, -0.2) is 27.3 Å². The van der Waals surface area contributed by atoms with Crippen molar-refractivity contribution in [2.45, 2.75) is 37.9 Å². The van der Waals surface area contributed by atoms with Crippen molar-refractivity contribution in [3.8, 4) is 17.0 Å². The van der Waals surface area contributed by atoms with Gasteiger partial charge >= 0.3 is 0 Å². The number of aromatic nitrogens is 2. The van der Waals surface area contributed by atoms with Gasteiger partial charge in [-0.15, -0.1) is 11.3 Å². The zero-order chi connectivity index (χ0) is 21.8. The number of nitrogens with one attached hydrogen (secondary N) is 1. The third-order valence-corrected chi connectivity index (χ3v) is 6.65. The van der Waals surface area contributed by atoms with Crippen molar-refractivity contribution in [3.05, 3.63) is 64.5 Å². The van der Waals surface area contributed by atoms with E-state index in [1.165, 1.54) is 23.1 Å². The average Bonchev–Trinajstić information content (AvgIpc) is 3.43. The predicted octanol–water partition coefficient (Wildman–Crippen LogP) is 5.10. The first-order chi connectivity index (χ1) is 15.1. The van der Waals surface area contributed by atoms with Crippen molar-refractivity contribution >= 4 is 39.2 Å². The highest BCUT2D eigenvalue weighted by atomic mass is 32.2. The molecule has 0 aliphatic rings. The van der Waals surface area contributed by atoms with Crippen molar-refractivity contribution in [3.63, 3.8) is 0 Å². The minimum Gasteiger partial charge on any atom is -0.464 e. The van der Waals surface area contributed by atoms with Gasteiger partial charge in [0.05, 0.1) is 23.1 Å². The summed E-state index contributed by atoms with van der Waals surface area (Å²) in [5.74, 6) is 0.756. The van der Waals surface area contributed by atoms with Crippen LogP contribution in [0.2, 0.25) is 0 Å². The predicted molar refractivity (Wildman–Crippen MR) is 126 cm³/mol. The van der Waals surface area contributed by atoms with Gasteiger partial charge in [0.1, 0.15) is 10.6 Å². The number of fused-ring (bicyclic) bond motifs is 1. The summed E-state index contributed by atoms with van der Waals surface area (Å²) < 4.78 is 7.10. The Balaban J connectivity index is 1.74. The second-order valence-electron chi connectivity index (χ2n) is 7.22. The van der Waals surface area contributed by atoms with Gasteiger partial charge in [0, 0.05) is 17.0 Å². The number of thiophene rings is 1. The van der Waals surface area contributed by atoms with Gasteiger partial charge in [0.15, 0.2) is 5.16 Å². The Labute approximate surface area is 188 Å². The van der Waals surface area contributed by atoms with Crippen LogP contribution in [0.1, 0.15) is 26.7 Å². The maximum Gasteiger partial charge on any atom is 0.268 e. The van der Waals surface area contributed by atoms with E-state index >= 15 is 0 Å². The first-order valence-corrected chi connectivity index (χ1v) is 12.0. The van der Waals surface area contributed by atoms with Crippen LogP contribution in [0, 0.1) is 0 Å². The van der Waals surface area contributed by atoms with Crippen molar-refractivity contribution < 1.29 is 9.21 Å². The van der Waals surface area contributed by atoms with Gasteiger partial charge in [-0.3, -0.25) is 14.2 Å². The van der Waals surface area contributed by atoms with E-state index in [1.807, 2.05) is 48.7 Å². The van der Waals surface area contributed by atoms with Gasteiger partial charge in [0.2, 0.25) is 5.91 Å². The quantitative estimate of drug-likeness (QED) is 0.297. The highest BCUT2D eigenvalue weighted by Gasteiger charge is 2.20. The molecule has 0 saturated carbocycles. The summed E-state index contributed by atoms with van der Waals surface area (Å²) in [6.07, 6.45) is 3.53. The fourth-order valence-corrected chi connectivity index (χ4v) is 5.23. The lowest BCUT2D eigenvalue weighted by molar-refractivity contribution is -0.119. The van der Waals surface area contributed by atoms with E-state index < -0.39 is 0 Å². The number of carbonyl (C=O) groups is 1. The van der Waals surface area contributed by atoms with Crippen LogP contribution in [0.25, 0.3) is 27.2 Å². The van der Waals surface area contributed by atoms with E-state index in [1.54, 1.807) is 16.9 Å². The molecule has 6 nitrogen and oxygen atoms in total. The van der Waals surface area contributed by atoms with E-state index in [4.69, 9.17) is 9.40 Å². The van der Waals surface area contributed by atoms with Crippen LogP contribution in [0.15, 0.2) is 68.5 Å². The molecule has 1 N–H and O–H groups in total. The van der Waals surface area contributed by atoms with Crippen molar-refractivity contribution in [2.24, 2.45) is 0 Å². The number of nitrogens with zero attached hydrogens (tertiary/aromatic N) is 2. The number of para-hydroxylation sites is 1. The molecule has 0 bridgehead atoms. The molecule has 4 aromatic rings. The molecule has 31 heavy (non-hydrogen) atoms. The number of amides is 1. The highest BCUT2D eigenvalue weighted by Crippen LogP contribution is 2.33. The third kappa shape index (κ3) is 4.60. The summed E-state index contributed by atoms with van der Waals surface area (Å²) in [5.41, 5.74) is 1.27. The molecule has 3 heterocycles. The van der Waals surface area contributed by atoms with Gasteiger partial charge in [0.25, 0.3) is 5.56 Å². The van der Waals surface area contributed by atoms with E-state index in [2.05, 4.69) is 12.2 Å². The molecule has 160 valence electrons. The first-order valence-electron chi connectivity index (χ1n) is 10.1. The van der Waals surface area contributed by atoms with Gasteiger partial charge < -0.3 is 9.73 Å². The van der Waals surface area contributed by atoms with Crippen molar-refractivity contribution in [1.29, 1.82) is 0 Å². The summed E-state index contributed by atoms with van der Waals surface area (Å²) in [6, 6.07) is 13.1. The van der Waals surface area contributed by atoms with E-state index in [-0.39, 0.29) is 23.3 Å². The van der Waals surface area contributed by atoms with Gasteiger partial charge in [-0.2, -0.15) is 0 Å². The van der Waals surface area contributed by atoms with Crippen molar-refractivity contribution in [2.75, 3.05) is 5.75 Å². The number of furan rings is 1. The Bertz CT molecular complexity index is 1230. The first kappa shape index (κ1) is 21.4. The zero-order valence-corrected chi connectivity index (χ0v) is 19.0. The van der Waals surface area contributed by atoms with E-state index in [0.717, 1.165) is 18.4 Å². The average molecular weight is 454 g/mol. The lowest BCUT2D eigenvalue weighted by Crippen LogP contribution is -2.34. The summed E-state index contributed by atoms with van der Waals surface area (Å²) >= 11 is 2.67. The molecule has 0 spiro atoms. The summed E-state index contributed by atoms with van der Waals surface area (Å²) in [5, 5.41) is 5.91. The topological polar surface area (TPSA) is 77.1 Å². The summed E-state index contributed by atoms with van der Waals surface area (Å²) in [6.45, 7) is 4.09. The molecule has 0 aliphatic heterocycles. The standard InChI is InChI=1S/C23H23N3O3S2/c1-3-8-15(2)24-19(27)14-31-23-25-21-20(17(13-30-21)18-11-7-12-29-18)22(28)26(23)16-9-5-4-6-10-16/h4-7,9-13,15H,3,8,14H2,1-2H3,(H,24,27)/t15-/m0/s1. The molecule has 1 amide bonds. The number of rotatable bonds is 8. The molecule has 0 radical (unpaired) electrons. The van der Waals surface area contributed by atoms with Gasteiger partial charge in [-0.1, -0.05) is 43.3 Å². The smallest absolute Gasteiger partial charge is 0.268 e. The molecular formula is C23H23N3O3S2. The maximum atomic E-state index is 13.6. The molecule has 1 atom stereocenters. The normalized spacial score (nSPS) is 12.2. The number of hydrogen-bond donors (Lipinski definition) is 1. The molecule has 0 aliphatic carbocycles. The number of benzene rings is 1. The second kappa shape index (κ2) is 9.53. The van der Waals surface area contributed by atoms with Crippen LogP contribution in [0.5, 0.6) is 0 Å². The molecule has 0 unspecified atom stereocenters. The fourth-order valence-electron chi connectivity index (χ4n) is 3.44. The monoisotopic (exact) mass is 453 g/mol. The van der Waals surface area contributed by atoms with E-state index in [0.29, 0.717) is 26.8 Å². The van der Waals surface area contributed by atoms with Crippen LogP contribution >= 0.6 is 23.1 Å². The molecule has 1 aromatic carbocycles. The maximum absolute atomic E-state index is 13.6. The third-order valence-electron chi connectivity index (χ3n) is 4.84. The Kier molecular flexibility index (Phi) is 6.58. The number of carbonyl (C=O) groups excluding carboxylic acids is 1. The molecule has 8 heteroatoms. The van der Waals surface area contributed by atoms with Crippen LogP contribution in [-0.2, 0) is 4.79 Å². The number of hydrogen-bond acceptors (Lipinski definition) is 6. The molecule has 3 aromatic heterocycles. The Hall–Kier alpha value is -2.84. The molecule has 0 saturated heterocycles. The lowest BCUT2D eigenvalue weighted by atomic mass is 10.2. The summed E-state index contributed by atoms with van der Waals surface area (Å²) in [4.78, 5) is 31.4. The largest absolute Gasteiger partial charge is 0.464 e. The molecule has 4 rings (SSSR count). The fraction of sp³-hybridized carbons (Fsp3) is 0.261. The lowest BCUT2D eigenvalue weighted by Gasteiger charge is -2.14. The minimum absolute atomic E-state index is 0.0673. The second-order valence-corrected chi connectivity index (χ2v) is 9.02. The summed E-state index contributed by atoms with van der Waals surface area (Å²) in [7, 11) is 0. The minimum atomic E-state index is -0.175. The van der Waals surface area contributed by atoms with Crippen LogP contribution in [0.3, 0.4) is 0 Å². The highest BCUT2D eigenvalue weighted by molar-refractivity contribution is 7.99. The Morgan fingerprint density at radius 1 is 1.26 bits per heavy atom. The van der Waals surface area contributed by atoms with Crippen molar-refractivity contribution in [1.82, 2.24) is 14.9 Å².